The molecule has 0 unspecified atom stereocenters. The highest BCUT2D eigenvalue weighted by Crippen LogP contribution is 2.35. The van der Waals surface area contributed by atoms with Crippen LogP contribution in [0.25, 0.3) is 0 Å². The van der Waals surface area contributed by atoms with E-state index in [2.05, 4.69) is 15.5 Å². The Bertz CT molecular complexity index is 1040. The Morgan fingerprint density at radius 1 is 0.818 bits per heavy atom. The van der Waals surface area contributed by atoms with Gasteiger partial charge in [-0.2, -0.15) is 0 Å². The van der Waals surface area contributed by atoms with Crippen molar-refractivity contribution >= 4 is 11.8 Å². The third-order valence-corrected chi connectivity index (χ3v) is 5.82. The van der Waals surface area contributed by atoms with Gasteiger partial charge in [-0.1, -0.05) is 12.1 Å². The van der Waals surface area contributed by atoms with Crippen LogP contribution in [-0.4, -0.2) is 63.1 Å². The smallest absolute Gasteiger partial charge is 0.309 e. The van der Waals surface area contributed by atoms with Gasteiger partial charge in [-0.3, -0.25) is 14.5 Å². The van der Waals surface area contributed by atoms with Crippen molar-refractivity contribution in [2.24, 2.45) is 0 Å². The average Bonchev–Trinajstić information content (AvgIpc) is 3.51. The Labute approximate surface area is 190 Å². The van der Waals surface area contributed by atoms with E-state index in [1.807, 2.05) is 24.3 Å². The summed E-state index contributed by atoms with van der Waals surface area (Å²) < 4.78 is 27.0. The molecular formula is C23H25N3O7. The second kappa shape index (κ2) is 9.55. The highest BCUT2D eigenvalue weighted by molar-refractivity contribution is 6.35. The van der Waals surface area contributed by atoms with Crippen LogP contribution < -0.4 is 29.6 Å². The second-order valence-electron chi connectivity index (χ2n) is 7.86. The van der Waals surface area contributed by atoms with Gasteiger partial charge < -0.3 is 34.3 Å². The van der Waals surface area contributed by atoms with Crippen LogP contribution in [0.15, 0.2) is 36.4 Å². The third kappa shape index (κ3) is 4.81. The number of morpholine rings is 1. The number of amides is 2. The maximum Gasteiger partial charge on any atom is 0.309 e. The Morgan fingerprint density at radius 2 is 1.45 bits per heavy atom. The molecule has 5 rings (SSSR count). The number of rotatable bonds is 6. The number of benzene rings is 2. The molecule has 1 saturated heterocycles. The summed E-state index contributed by atoms with van der Waals surface area (Å²) in [6.45, 7) is 3.54. The van der Waals surface area contributed by atoms with Crippen LogP contribution in [-0.2, 0) is 20.9 Å². The molecule has 33 heavy (non-hydrogen) atoms. The maximum atomic E-state index is 12.5. The van der Waals surface area contributed by atoms with E-state index >= 15 is 0 Å². The number of hydrogen-bond donors (Lipinski definition) is 2. The molecule has 0 aliphatic carbocycles. The van der Waals surface area contributed by atoms with Crippen molar-refractivity contribution in [1.29, 1.82) is 0 Å². The first-order valence-corrected chi connectivity index (χ1v) is 10.8. The lowest BCUT2D eigenvalue weighted by molar-refractivity contribution is -0.139. The lowest BCUT2D eigenvalue weighted by Crippen LogP contribution is -2.46. The minimum atomic E-state index is -0.695. The molecule has 3 heterocycles. The van der Waals surface area contributed by atoms with Crippen molar-refractivity contribution in [2.45, 2.75) is 12.6 Å². The van der Waals surface area contributed by atoms with E-state index < -0.39 is 11.8 Å². The van der Waals surface area contributed by atoms with Gasteiger partial charge in [0.2, 0.25) is 13.6 Å². The van der Waals surface area contributed by atoms with Crippen LogP contribution >= 0.6 is 0 Å². The number of hydrogen-bond acceptors (Lipinski definition) is 8. The molecular weight excluding hydrogens is 430 g/mol. The van der Waals surface area contributed by atoms with Gasteiger partial charge in [0, 0.05) is 26.2 Å². The zero-order valence-corrected chi connectivity index (χ0v) is 18.0. The summed E-state index contributed by atoms with van der Waals surface area (Å²) in [6.07, 6.45) is 0. The van der Waals surface area contributed by atoms with Crippen molar-refractivity contribution in [1.82, 2.24) is 15.5 Å². The van der Waals surface area contributed by atoms with E-state index in [0.717, 1.165) is 24.2 Å². The molecule has 0 aromatic heterocycles. The molecule has 0 spiro atoms. The summed E-state index contributed by atoms with van der Waals surface area (Å²) in [7, 11) is 0. The first-order valence-electron chi connectivity index (χ1n) is 10.8. The molecule has 2 N–H and O–H groups in total. The van der Waals surface area contributed by atoms with E-state index in [1.54, 1.807) is 12.1 Å². The Hall–Kier alpha value is -3.50. The largest absolute Gasteiger partial charge is 0.454 e. The molecule has 10 nitrogen and oxygen atoms in total. The molecule has 2 aromatic carbocycles. The zero-order chi connectivity index (χ0) is 22.6. The van der Waals surface area contributed by atoms with Crippen LogP contribution in [0.1, 0.15) is 17.2 Å². The van der Waals surface area contributed by atoms with Gasteiger partial charge in [-0.25, -0.2) is 0 Å². The molecule has 0 bridgehead atoms. The predicted molar refractivity (Wildman–Crippen MR) is 115 cm³/mol. The van der Waals surface area contributed by atoms with Crippen molar-refractivity contribution in [3.63, 3.8) is 0 Å². The molecule has 0 saturated carbocycles. The fraction of sp³-hybridized carbons (Fsp3) is 0.391. The molecule has 10 heteroatoms. The first kappa shape index (κ1) is 21.4. The molecule has 3 aliphatic rings. The molecule has 2 aromatic rings. The number of nitrogens with one attached hydrogen (secondary N) is 2. The fourth-order valence-corrected chi connectivity index (χ4v) is 4.05. The predicted octanol–water partition coefficient (Wildman–Crippen LogP) is 0.950. The van der Waals surface area contributed by atoms with Crippen LogP contribution in [0.3, 0.4) is 0 Å². The molecule has 0 radical (unpaired) electrons. The highest BCUT2D eigenvalue weighted by atomic mass is 16.7. The van der Waals surface area contributed by atoms with E-state index in [9.17, 15) is 9.59 Å². The van der Waals surface area contributed by atoms with Crippen LogP contribution in [0.2, 0.25) is 0 Å². The number of nitrogens with zero attached hydrogens (tertiary/aromatic N) is 1. The lowest BCUT2D eigenvalue weighted by Gasteiger charge is -2.34. The average molecular weight is 455 g/mol. The molecule has 2 amide bonds. The Morgan fingerprint density at radius 3 is 2.21 bits per heavy atom. The molecule has 1 atom stereocenters. The fourth-order valence-electron chi connectivity index (χ4n) is 4.05. The van der Waals surface area contributed by atoms with Crippen molar-refractivity contribution in [3.05, 3.63) is 47.5 Å². The number of carbonyl (C=O) groups is 2. The zero-order valence-electron chi connectivity index (χ0n) is 18.0. The van der Waals surface area contributed by atoms with Gasteiger partial charge in [0.25, 0.3) is 0 Å². The standard InChI is InChI=1S/C23H25N3O7/c27-22(24-11-15-1-3-18-20(9-15)32-13-30-18)23(28)25-12-17(26-5-7-29-8-6-26)16-2-4-19-21(10-16)33-14-31-19/h1-4,9-10,17H,5-8,11-14H2,(H,24,27)(H,25,28)/t17-/m0/s1. The topological polar surface area (TPSA) is 108 Å². The van der Waals surface area contributed by atoms with Gasteiger partial charge in [-0.15, -0.1) is 0 Å². The SMILES string of the molecule is O=C(NCc1ccc2c(c1)OCO2)C(=O)NC[C@@H](c1ccc2c(c1)OCO2)N1CCOCC1. The van der Waals surface area contributed by atoms with Crippen LogP contribution in [0, 0.1) is 0 Å². The van der Waals surface area contributed by atoms with E-state index in [4.69, 9.17) is 23.7 Å². The third-order valence-electron chi connectivity index (χ3n) is 5.82. The number of fused-ring (bicyclic) bond motifs is 2. The Balaban J connectivity index is 1.20. The van der Waals surface area contributed by atoms with Crippen molar-refractivity contribution in [3.8, 4) is 23.0 Å². The number of ether oxygens (including phenoxy) is 5. The quantitative estimate of drug-likeness (QED) is 0.620. The van der Waals surface area contributed by atoms with E-state index in [1.165, 1.54) is 0 Å². The van der Waals surface area contributed by atoms with Gasteiger partial charge in [0.15, 0.2) is 23.0 Å². The minimum Gasteiger partial charge on any atom is -0.454 e. The molecule has 1 fully saturated rings. The lowest BCUT2D eigenvalue weighted by atomic mass is 10.0. The van der Waals surface area contributed by atoms with E-state index in [-0.39, 0.29) is 32.7 Å². The number of carbonyl (C=O) groups excluding carboxylic acids is 2. The van der Waals surface area contributed by atoms with Crippen molar-refractivity contribution < 1.29 is 33.3 Å². The van der Waals surface area contributed by atoms with Gasteiger partial charge >= 0.3 is 11.8 Å². The summed E-state index contributed by atoms with van der Waals surface area (Å²) in [4.78, 5) is 27.1. The van der Waals surface area contributed by atoms with Crippen LogP contribution in [0.4, 0.5) is 0 Å². The summed E-state index contributed by atoms with van der Waals surface area (Å²) in [5.41, 5.74) is 1.79. The van der Waals surface area contributed by atoms with Crippen molar-refractivity contribution in [2.75, 3.05) is 46.4 Å². The summed E-state index contributed by atoms with van der Waals surface area (Å²) in [5, 5.41) is 5.42. The summed E-state index contributed by atoms with van der Waals surface area (Å²) in [5.74, 6) is 1.29. The normalized spacial score (nSPS) is 17.5. The van der Waals surface area contributed by atoms with Crippen LogP contribution in [0.5, 0.6) is 23.0 Å². The maximum absolute atomic E-state index is 12.5. The second-order valence-corrected chi connectivity index (χ2v) is 7.86. The highest BCUT2D eigenvalue weighted by Gasteiger charge is 2.26. The van der Waals surface area contributed by atoms with Gasteiger partial charge in [-0.05, 0) is 35.4 Å². The van der Waals surface area contributed by atoms with Gasteiger partial charge in [0.05, 0.1) is 19.3 Å². The molecule has 174 valence electrons. The summed E-state index contributed by atoms with van der Waals surface area (Å²) >= 11 is 0. The Kier molecular flexibility index (Phi) is 6.18. The summed E-state index contributed by atoms with van der Waals surface area (Å²) in [6, 6.07) is 11.0. The van der Waals surface area contributed by atoms with E-state index in [0.29, 0.717) is 36.2 Å². The monoisotopic (exact) mass is 455 g/mol. The van der Waals surface area contributed by atoms with Gasteiger partial charge in [0.1, 0.15) is 0 Å². The minimum absolute atomic E-state index is 0.131. The first-order chi connectivity index (χ1) is 16.2. The molecule has 3 aliphatic heterocycles.